The highest BCUT2D eigenvalue weighted by Gasteiger charge is 2.08. The van der Waals surface area contributed by atoms with Crippen molar-refractivity contribution in [3.8, 4) is 22.6 Å². The number of hydrogen-bond donors (Lipinski definition) is 2. The van der Waals surface area contributed by atoms with Crippen LogP contribution in [0.5, 0.6) is 11.5 Å². The third-order valence-electron chi connectivity index (χ3n) is 3.20. The molecule has 0 amide bonds. The Morgan fingerprint density at radius 1 is 0.913 bits per heavy atom. The molecule has 0 saturated carbocycles. The summed E-state index contributed by atoms with van der Waals surface area (Å²) in [6, 6.07) is 10.8. The fourth-order valence-corrected chi connectivity index (χ4v) is 2.18. The molecule has 0 aliphatic heterocycles. The Labute approximate surface area is 138 Å². The molecule has 0 unspecified atom stereocenters. The van der Waals surface area contributed by atoms with Crippen molar-refractivity contribution in [3.63, 3.8) is 0 Å². The van der Waals surface area contributed by atoms with E-state index in [2.05, 4.69) is 17.9 Å². The van der Waals surface area contributed by atoms with Crippen LogP contribution in [0, 0.1) is 0 Å². The maximum atomic E-state index is 10.0. The molecule has 0 radical (unpaired) electrons. The molecule has 2 N–H and O–H groups in total. The zero-order valence-corrected chi connectivity index (χ0v) is 13.7. The Bertz CT molecular complexity index is 660. The van der Waals surface area contributed by atoms with Gasteiger partial charge >= 0.3 is 0 Å². The van der Waals surface area contributed by atoms with Crippen LogP contribution in [0.4, 0.5) is 0 Å². The molecule has 3 heteroatoms. The van der Waals surface area contributed by atoms with E-state index in [1.807, 2.05) is 24.3 Å². The first kappa shape index (κ1) is 18.5. The Morgan fingerprint density at radius 2 is 1.52 bits per heavy atom. The van der Waals surface area contributed by atoms with E-state index in [0.29, 0.717) is 6.42 Å². The molecule has 0 spiro atoms. The molecule has 2 aromatic carbocycles. The van der Waals surface area contributed by atoms with E-state index in [4.69, 9.17) is 0 Å². The van der Waals surface area contributed by atoms with E-state index >= 15 is 0 Å². The summed E-state index contributed by atoms with van der Waals surface area (Å²) in [5.74, 6) is 0.475. The maximum absolute atomic E-state index is 10.0. The van der Waals surface area contributed by atoms with E-state index in [1.165, 1.54) is 0 Å². The van der Waals surface area contributed by atoms with Gasteiger partial charge in [-0.25, -0.2) is 0 Å². The molecular formula is C20H24O3. The molecule has 0 bridgehead atoms. The summed E-state index contributed by atoms with van der Waals surface area (Å²) < 4.78 is 4.25. The molecule has 23 heavy (non-hydrogen) atoms. The zero-order valence-electron chi connectivity index (χ0n) is 13.7. The Balaban J connectivity index is 0.000000816. The van der Waals surface area contributed by atoms with Crippen LogP contribution in [0.15, 0.2) is 61.7 Å². The largest absolute Gasteiger partial charge is 0.508 e. The van der Waals surface area contributed by atoms with Crippen molar-refractivity contribution < 1.29 is 14.9 Å². The minimum absolute atomic E-state index is 0.230. The first-order chi connectivity index (χ1) is 11.1. The number of benzene rings is 2. The van der Waals surface area contributed by atoms with E-state index in [0.717, 1.165) is 28.7 Å². The van der Waals surface area contributed by atoms with E-state index in [-0.39, 0.29) is 11.5 Å². The van der Waals surface area contributed by atoms with Crippen molar-refractivity contribution in [3.05, 3.63) is 72.8 Å². The second-order valence-corrected chi connectivity index (χ2v) is 5.09. The average Bonchev–Trinajstić information content (AvgIpc) is 2.53. The summed E-state index contributed by atoms with van der Waals surface area (Å²) in [5, 5.41) is 19.8. The Hall–Kier alpha value is -2.52. The standard InChI is InChI=1S/C18H18O2.C2H6O/c1-3-5-13-7-9-18(20)16(11-13)14-8-10-17(19)15(12-14)6-4-2;1-3-2/h3-4,7-12,19-20H,1-2,5-6H2;1-2H3. The normalized spacial score (nSPS) is 9.65. The van der Waals surface area contributed by atoms with Gasteiger partial charge in [0.2, 0.25) is 0 Å². The van der Waals surface area contributed by atoms with Crippen molar-refractivity contribution in [1.29, 1.82) is 0 Å². The molecule has 0 saturated heterocycles. The van der Waals surface area contributed by atoms with Crippen molar-refractivity contribution in [2.75, 3.05) is 14.2 Å². The third-order valence-corrected chi connectivity index (χ3v) is 3.20. The summed E-state index contributed by atoms with van der Waals surface area (Å²) >= 11 is 0. The number of phenols is 2. The molecule has 0 fully saturated rings. The smallest absolute Gasteiger partial charge is 0.123 e. The number of allylic oxidation sites excluding steroid dienone is 2. The highest BCUT2D eigenvalue weighted by Crippen LogP contribution is 2.33. The van der Waals surface area contributed by atoms with Crippen LogP contribution in [0.3, 0.4) is 0 Å². The molecule has 2 aromatic rings. The van der Waals surface area contributed by atoms with Gasteiger partial charge in [-0.2, -0.15) is 0 Å². The molecule has 2 rings (SSSR count). The average molecular weight is 312 g/mol. The summed E-state index contributed by atoms with van der Waals surface area (Å²) in [6.07, 6.45) is 4.92. The third kappa shape index (κ3) is 5.31. The highest BCUT2D eigenvalue weighted by molar-refractivity contribution is 5.72. The Morgan fingerprint density at radius 3 is 2.13 bits per heavy atom. The summed E-state index contributed by atoms with van der Waals surface area (Å²) in [5.41, 5.74) is 3.52. The van der Waals surface area contributed by atoms with Crippen LogP contribution in [-0.4, -0.2) is 24.4 Å². The van der Waals surface area contributed by atoms with Crippen molar-refractivity contribution in [1.82, 2.24) is 0 Å². The molecule has 122 valence electrons. The number of methoxy groups -OCH3 is 1. The lowest BCUT2D eigenvalue weighted by Crippen LogP contribution is -1.88. The van der Waals surface area contributed by atoms with Gasteiger partial charge in [-0.3, -0.25) is 0 Å². The second kappa shape index (κ2) is 9.49. The van der Waals surface area contributed by atoms with Crippen LogP contribution >= 0.6 is 0 Å². The lowest BCUT2D eigenvalue weighted by atomic mass is 9.97. The van der Waals surface area contributed by atoms with Crippen LogP contribution in [-0.2, 0) is 17.6 Å². The number of ether oxygens (including phenoxy) is 1. The van der Waals surface area contributed by atoms with Gasteiger partial charge in [0.1, 0.15) is 11.5 Å². The first-order valence-corrected chi connectivity index (χ1v) is 7.33. The SMILES string of the molecule is C=CCc1ccc(O)c(-c2ccc(O)c(CC=C)c2)c1.COC. The second-order valence-electron chi connectivity index (χ2n) is 5.09. The number of phenolic OH excluding ortho intramolecular Hbond substituents is 2. The fourth-order valence-electron chi connectivity index (χ4n) is 2.18. The quantitative estimate of drug-likeness (QED) is 0.800. The monoisotopic (exact) mass is 312 g/mol. The molecular weight excluding hydrogens is 288 g/mol. The van der Waals surface area contributed by atoms with Gasteiger partial charge in [0.05, 0.1) is 0 Å². The number of rotatable bonds is 5. The van der Waals surface area contributed by atoms with Gasteiger partial charge in [0.25, 0.3) is 0 Å². The minimum atomic E-state index is 0.230. The van der Waals surface area contributed by atoms with E-state index < -0.39 is 0 Å². The highest BCUT2D eigenvalue weighted by atomic mass is 16.4. The molecule has 0 aliphatic rings. The summed E-state index contributed by atoms with van der Waals surface area (Å²) in [7, 11) is 3.25. The van der Waals surface area contributed by atoms with Crippen LogP contribution in [0.2, 0.25) is 0 Å². The zero-order chi connectivity index (χ0) is 17.2. The summed E-state index contributed by atoms with van der Waals surface area (Å²) in [4.78, 5) is 0. The van der Waals surface area contributed by atoms with Crippen molar-refractivity contribution in [2.24, 2.45) is 0 Å². The maximum Gasteiger partial charge on any atom is 0.123 e. The molecule has 0 atom stereocenters. The van der Waals surface area contributed by atoms with Gasteiger partial charge in [0, 0.05) is 19.8 Å². The van der Waals surface area contributed by atoms with Crippen molar-refractivity contribution in [2.45, 2.75) is 12.8 Å². The predicted octanol–water partition coefficient (Wildman–Crippen LogP) is 4.48. The minimum Gasteiger partial charge on any atom is -0.508 e. The summed E-state index contributed by atoms with van der Waals surface area (Å²) in [6.45, 7) is 7.41. The van der Waals surface area contributed by atoms with Crippen molar-refractivity contribution >= 4 is 0 Å². The van der Waals surface area contributed by atoms with Crippen LogP contribution in [0.25, 0.3) is 11.1 Å². The van der Waals surface area contributed by atoms with E-state index in [1.54, 1.807) is 38.5 Å². The van der Waals surface area contributed by atoms with Gasteiger partial charge in [-0.15, -0.1) is 13.2 Å². The predicted molar refractivity (Wildman–Crippen MR) is 95.9 cm³/mol. The number of aromatic hydroxyl groups is 2. The molecule has 0 aromatic heterocycles. The van der Waals surface area contributed by atoms with Gasteiger partial charge in [-0.05, 0) is 53.8 Å². The molecule has 3 nitrogen and oxygen atoms in total. The number of hydrogen-bond acceptors (Lipinski definition) is 3. The van der Waals surface area contributed by atoms with Crippen LogP contribution in [0.1, 0.15) is 11.1 Å². The molecule has 0 aliphatic carbocycles. The lowest BCUT2D eigenvalue weighted by Gasteiger charge is -2.10. The van der Waals surface area contributed by atoms with E-state index in [9.17, 15) is 10.2 Å². The first-order valence-electron chi connectivity index (χ1n) is 7.33. The van der Waals surface area contributed by atoms with Crippen LogP contribution < -0.4 is 0 Å². The van der Waals surface area contributed by atoms with Gasteiger partial charge in [0.15, 0.2) is 0 Å². The van der Waals surface area contributed by atoms with Gasteiger partial charge in [-0.1, -0.05) is 24.3 Å². The topological polar surface area (TPSA) is 49.7 Å². The Kier molecular flexibility index (Phi) is 7.64. The fraction of sp³-hybridized carbons (Fsp3) is 0.200. The molecule has 0 heterocycles. The van der Waals surface area contributed by atoms with Gasteiger partial charge < -0.3 is 14.9 Å². The lowest BCUT2D eigenvalue weighted by molar-refractivity contribution is 0.277.